The van der Waals surface area contributed by atoms with Crippen LogP contribution in [0.2, 0.25) is 0 Å². The SMILES string of the molecule is COc1cccc(C(=O)CCC(=O)NCC2CCCC2)c1. The van der Waals surface area contributed by atoms with Gasteiger partial charge in [-0.3, -0.25) is 9.59 Å². The molecule has 0 saturated heterocycles. The van der Waals surface area contributed by atoms with Gasteiger partial charge in [0.1, 0.15) is 5.75 Å². The zero-order valence-electron chi connectivity index (χ0n) is 12.6. The van der Waals surface area contributed by atoms with Gasteiger partial charge in [-0.05, 0) is 30.9 Å². The van der Waals surface area contributed by atoms with Crippen LogP contribution in [-0.4, -0.2) is 25.3 Å². The van der Waals surface area contributed by atoms with Gasteiger partial charge in [0, 0.05) is 24.9 Å². The Labute approximate surface area is 125 Å². The summed E-state index contributed by atoms with van der Waals surface area (Å²) in [4.78, 5) is 23.8. The van der Waals surface area contributed by atoms with Crippen LogP contribution >= 0.6 is 0 Å². The van der Waals surface area contributed by atoms with Gasteiger partial charge in [-0.1, -0.05) is 25.0 Å². The maximum absolute atomic E-state index is 12.0. The van der Waals surface area contributed by atoms with Crippen LogP contribution in [-0.2, 0) is 4.79 Å². The summed E-state index contributed by atoms with van der Waals surface area (Å²) < 4.78 is 5.09. The maximum atomic E-state index is 12.0. The number of carbonyl (C=O) groups is 2. The molecule has 0 unspecified atom stereocenters. The minimum atomic E-state index is -0.0295. The zero-order valence-corrected chi connectivity index (χ0v) is 12.6. The van der Waals surface area contributed by atoms with Crippen LogP contribution in [0.15, 0.2) is 24.3 Å². The summed E-state index contributed by atoms with van der Waals surface area (Å²) in [5, 5.41) is 2.94. The summed E-state index contributed by atoms with van der Waals surface area (Å²) >= 11 is 0. The highest BCUT2D eigenvalue weighted by molar-refractivity contribution is 5.98. The van der Waals surface area contributed by atoms with E-state index in [1.54, 1.807) is 31.4 Å². The lowest BCUT2D eigenvalue weighted by Crippen LogP contribution is -2.28. The van der Waals surface area contributed by atoms with Crippen molar-refractivity contribution in [1.82, 2.24) is 5.32 Å². The highest BCUT2D eigenvalue weighted by Crippen LogP contribution is 2.23. The smallest absolute Gasteiger partial charge is 0.220 e. The van der Waals surface area contributed by atoms with Crippen molar-refractivity contribution in [3.8, 4) is 5.75 Å². The third kappa shape index (κ3) is 4.88. The number of nitrogens with one attached hydrogen (secondary N) is 1. The fourth-order valence-corrected chi connectivity index (χ4v) is 2.73. The molecule has 0 atom stereocenters. The van der Waals surface area contributed by atoms with Crippen molar-refractivity contribution in [1.29, 1.82) is 0 Å². The summed E-state index contributed by atoms with van der Waals surface area (Å²) in [6, 6.07) is 7.04. The molecule has 0 radical (unpaired) electrons. The van der Waals surface area contributed by atoms with Gasteiger partial charge in [0.15, 0.2) is 5.78 Å². The average molecular weight is 289 g/mol. The molecular formula is C17H23NO3. The van der Waals surface area contributed by atoms with Crippen LogP contribution in [0.25, 0.3) is 0 Å². The van der Waals surface area contributed by atoms with Gasteiger partial charge in [-0.2, -0.15) is 0 Å². The van der Waals surface area contributed by atoms with E-state index in [1.807, 2.05) is 0 Å². The highest BCUT2D eigenvalue weighted by atomic mass is 16.5. The Hall–Kier alpha value is -1.84. The summed E-state index contributed by atoms with van der Waals surface area (Å²) in [6.07, 6.45) is 5.46. The Bertz CT molecular complexity index is 493. The number of amides is 1. The van der Waals surface area contributed by atoms with Crippen molar-refractivity contribution in [2.45, 2.75) is 38.5 Å². The molecule has 0 aromatic heterocycles. The second kappa shape index (κ2) is 7.81. The first-order valence-corrected chi connectivity index (χ1v) is 7.63. The number of benzene rings is 1. The van der Waals surface area contributed by atoms with Crippen molar-refractivity contribution >= 4 is 11.7 Å². The molecule has 0 spiro atoms. The molecule has 1 fully saturated rings. The first kappa shape index (κ1) is 15.5. The Kier molecular flexibility index (Phi) is 5.78. The number of methoxy groups -OCH3 is 1. The van der Waals surface area contributed by atoms with E-state index >= 15 is 0 Å². The fourth-order valence-electron chi connectivity index (χ4n) is 2.73. The van der Waals surface area contributed by atoms with E-state index in [9.17, 15) is 9.59 Å². The molecule has 1 N–H and O–H groups in total. The Morgan fingerprint density at radius 2 is 2.00 bits per heavy atom. The van der Waals surface area contributed by atoms with E-state index in [4.69, 9.17) is 4.74 Å². The van der Waals surface area contributed by atoms with Crippen LogP contribution in [0, 0.1) is 5.92 Å². The summed E-state index contributed by atoms with van der Waals surface area (Å²) in [5.74, 6) is 1.23. The fraction of sp³-hybridized carbons (Fsp3) is 0.529. The van der Waals surface area contributed by atoms with Crippen molar-refractivity contribution < 1.29 is 14.3 Å². The third-order valence-corrected chi connectivity index (χ3v) is 4.03. The molecule has 4 nitrogen and oxygen atoms in total. The van der Waals surface area contributed by atoms with Crippen molar-refractivity contribution in [2.75, 3.05) is 13.7 Å². The number of hydrogen-bond donors (Lipinski definition) is 1. The lowest BCUT2D eigenvalue weighted by Gasteiger charge is -2.10. The number of rotatable bonds is 7. The van der Waals surface area contributed by atoms with Crippen molar-refractivity contribution in [3.63, 3.8) is 0 Å². The molecule has 21 heavy (non-hydrogen) atoms. The summed E-state index contributed by atoms with van der Waals surface area (Å²) in [6.45, 7) is 0.756. The molecule has 0 bridgehead atoms. The van der Waals surface area contributed by atoms with E-state index in [1.165, 1.54) is 25.7 Å². The second-order valence-corrected chi connectivity index (χ2v) is 5.61. The van der Waals surface area contributed by atoms with Crippen LogP contribution in [0.3, 0.4) is 0 Å². The van der Waals surface area contributed by atoms with E-state index in [-0.39, 0.29) is 24.5 Å². The lowest BCUT2D eigenvalue weighted by atomic mass is 10.1. The lowest BCUT2D eigenvalue weighted by molar-refractivity contribution is -0.121. The standard InChI is InChI=1S/C17H23NO3/c1-21-15-8-4-7-14(11-15)16(19)9-10-17(20)18-12-13-5-2-3-6-13/h4,7-8,11,13H,2-3,5-6,9-10,12H2,1H3,(H,18,20). The Morgan fingerprint density at radius 1 is 1.24 bits per heavy atom. The average Bonchev–Trinajstić information content (AvgIpc) is 3.04. The molecule has 1 saturated carbocycles. The topological polar surface area (TPSA) is 55.4 Å². The van der Waals surface area contributed by atoms with E-state index < -0.39 is 0 Å². The molecule has 0 heterocycles. The van der Waals surface area contributed by atoms with Gasteiger partial charge in [0.05, 0.1) is 7.11 Å². The van der Waals surface area contributed by atoms with Gasteiger partial charge in [0.2, 0.25) is 5.91 Å². The highest BCUT2D eigenvalue weighted by Gasteiger charge is 2.16. The second-order valence-electron chi connectivity index (χ2n) is 5.61. The minimum Gasteiger partial charge on any atom is -0.497 e. The molecular weight excluding hydrogens is 266 g/mol. The molecule has 1 aliphatic rings. The maximum Gasteiger partial charge on any atom is 0.220 e. The minimum absolute atomic E-state index is 0.0232. The first-order valence-electron chi connectivity index (χ1n) is 7.63. The monoisotopic (exact) mass is 289 g/mol. The molecule has 114 valence electrons. The Morgan fingerprint density at radius 3 is 2.71 bits per heavy atom. The van der Waals surface area contributed by atoms with Crippen LogP contribution < -0.4 is 10.1 Å². The van der Waals surface area contributed by atoms with Crippen LogP contribution in [0.4, 0.5) is 0 Å². The molecule has 0 aliphatic heterocycles. The van der Waals surface area contributed by atoms with Gasteiger partial charge in [-0.25, -0.2) is 0 Å². The van der Waals surface area contributed by atoms with E-state index in [2.05, 4.69) is 5.32 Å². The number of ketones is 1. The zero-order chi connectivity index (χ0) is 15.1. The largest absolute Gasteiger partial charge is 0.497 e. The van der Waals surface area contributed by atoms with Gasteiger partial charge >= 0.3 is 0 Å². The van der Waals surface area contributed by atoms with E-state index in [0.29, 0.717) is 17.2 Å². The number of hydrogen-bond acceptors (Lipinski definition) is 3. The predicted molar refractivity (Wildman–Crippen MR) is 81.5 cm³/mol. The van der Waals surface area contributed by atoms with Crippen LogP contribution in [0.1, 0.15) is 48.9 Å². The first-order chi connectivity index (χ1) is 10.2. The molecule has 1 aromatic carbocycles. The van der Waals surface area contributed by atoms with Crippen molar-refractivity contribution in [2.24, 2.45) is 5.92 Å². The molecule has 2 rings (SSSR count). The third-order valence-electron chi connectivity index (χ3n) is 4.03. The molecule has 1 amide bonds. The van der Waals surface area contributed by atoms with Gasteiger partial charge < -0.3 is 10.1 Å². The van der Waals surface area contributed by atoms with Gasteiger partial charge in [-0.15, -0.1) is 0 Å². The number of carbonyl (C=O) groups excluding carboxylic acids is 2. The van der Waals surface area contributed by atoms with E-state index in [0.717, 1.165) is 6.54 Å². The quantitative estimate of drug-likeness (QED) is 0.785. The number of ether oxygens (including phenoxy) is 1. The Balaban J connectivity index is 1.73. The molecule has 1 aromatic rings. The molecule has 4 heteroatoms. The summed E-state index contributed by atoms with van der Waals surface area (Å²) in [7, 11) is 1.57. The van der Waals surface area contributed by atoms with Gasteiger partial charge in [0.25, 0.3) is 0 Å². The van der Waals surface area contributed by atoms with Crippen molar-refractivity contribution in [3.05, 3.63) is 29.8 Å². The van der Waals surface area contributed by atoms with Crippen LogP contribution in [0.5, 0.6) is 5.75 Å². The normalized spacial score (nSPS) is 14.9. The summed E-state index contributed by atoms with van der Waals surface area (Å²) in [5.41, 5.74) is 0.595. The molecule has 1 aliphatic carbocycles. The predicted octanol–water partition coefficient (Wildman–Crippen LogP) is 2.96. The number of Topliss-reactive ketones (excluding diaryl/α,β-unsaturated/α-hetero) is 1.